The Labute approximate surface area is 110 Å². The molecular weight excluding hydrogens is 228 g/mol. The number of nitrogens with zero attached hydrogens (tertiary/aromatic N) is 2. The van der Waals surface area contributed by atoms with Gasteiger partial charge in [-0.25, -0.2) is 0 Å². The van der Waals surface area contributed by atoms with Crippen LogP contribution in [-0.4, -0.2) is 37.1 Å². The Kier molecular flexibility index (Phi) is 11.3. The summed E-state index contributed by atoms with van der Waals surface area (Å²) in [6.45, 7) is 5.14. The van der Waals surface area contributed by atoms with E-state index in [4.69, 9.17) is 0 Å². The molecule has 0 fully saturated rings. The van der Waals surface area contributed by atoms with E-state index in [9.17, 15) is 9.59 Å². The lowest BCUT2D eigenvalue weighted by molar-refractivity contribution is -0.118. The smallest absolute Gasteiger partial charge is 0.138 e. The van der Waals surface area contributed by atoms with Crippen LogP contribution in [0.5, 0.6) is 0 Å². The predicted octanol–water partition coefficient (Wildman–Crippen LogP) is 2.65. The highest BCUT2D eigenvalue weighted by Crippen LogP contribution is 1.92. The zero-order valence-electron chi connectivity index (χ0n) is 11.5. The number of Topliss-reactive ketones (excluding diaryl/α,β-unsaturated/α-hetero) is 2. The number of rotatable bonds is 11. The molecule has 0 aromatic heterocycles. The molecule has 4 heteroatoms. The van der Waals surface area contributed by atoms with Crippen LogP contribution in [0.2, 0.25) is 0 Å². The van der Waals surface area contributed by atoms with E-state index in [-0.39, 0.29) is 11.6 Å². The molecule has 0 aromatic rings. The summed E-state index contributed by atoms with van der Waals surface area (Å²) in [5.41, 5.74) is 0. The van der Waals surface area contributed by atoms with Gasteiger partial charge in [-0.05, 0) is 12.8 Å². The second-order valence-electron chi connectivity index (χ2n) is 4.16. The highest BCUT2D eigenvalue weighted by molar-refractivity contribution is 5.91. The third-order valence-electron chi connectivity index (χ3n) is 2.31. The molecule has 0 amide bonds. The van der Waals surface area contributed by atoms with Gasteiger partial charge in [0.05, 0.1) is 13.1 Å². The van der Waals surface area contributed by atoms with Crippen molar-refractivity contribution in [3.05, 3.63) is 0 Å². The number of aliphatic imine (C=N–C) groups is 2. The lowest BCUT2D eigenvalue weighted by atomic mass is 10.2. The van der Waals surface area contributed by atoms with Crippen LogP contribution >= 0.6 is 0 Å². The summed E-state index contributed by atoms with van der Waals surface area (Å²) in [5.74, 6) is 0.463. The first kappa shape index (κ1) is 16.7. The Morgan fingerprint density at radius 3 is 1.56 bits per heavy atom. The van der Waals surface area contributed by atoms with Gasteiger partial charge in [-0.3, -0.25) is 19.6 Å². The summed E-state index contributed by atoms with van der Waals surface area (Å²) in [6.07, 6.45) is 7.21. The standard InChI is InChI=1S/C14H24N2O2/c1-3-5-13(17)7-9-15-11-12-16-10-8-14(18)6-4-2/h9-10H,3-8,11-12H2,1-2H3/b15-9-,16-10-. The Hall–Kier alpha value is -1.32. The van der Waals surface area contributed by atoms with E-state index >= 15 is 0 Å². The van der Waals surface area contributed by atoms with Crippen LogP contribution < -0.4 is 0 Å². The molecule has 0 atom stereocenters. The van der Waals surface area contributed by atoms with Crippen LogP contribution in [0.25, 0.3) is 0 Å². The SMILES string of the molecule is CCCC(=O)C/C=N\CC/N=C\CC(=O)CCC. The number of hydrogen-bond acceptors (Lipinski definition) is 4. The molecule has 0 saturated carbocycles. The van der Waals surface area contributed by atoms with E-state index in [2.05, 4.69) is 9.98 Å². The molecule has 0 bridgehead atoms. The molecule has 0 unspecified atom stereocenters. The molecule has 0 saturated heterocycles. The minimum Gasteiger partial charge on any atom is -0.299 e. The van der Waals surface area contributed by atoms with Crippen molar-refractivity contribution >= 4 is 24.0 Å². The minimum absolute atomic E-state index is 0.231. The van der Waals surface area contributed by atoms with Gasteiger partial charge in [0.15, 0.2) is 0 Å². The second kappa shape index (κ2) is 12.1. The lowest BCUT2D eigenvalue weighted by Gasteiger charge is -1.93. The van der Waals surface area contributed by atoms with Crippen molar-refractivity contribution in [2.75, 3.05) is 13.1 Å². The van der Waals surface area contributed by atoms with Crippen molar-refractivity contribution in [3.8, 4) is 0 Å². The first-order chi connectivity index (χ1) is 8.70. The quantitative estimate of drug-likeness (QED) is 0.419. The van der Waals surface area contributed by atoms with Crippen LogP contribution in [0.15, 0.2) is 9.98 Å². The average molecular weight is 252 g/mol. The first-order valence-corrected chi connectivity index (χ1v) is 6.70. The van der Waals surface area contributed by atoms with Crippen molar-refractivity contribution < 1.29 is 9.59 Å². The van der Waals surface area contributed by atoms with E-state index in [0.717, 1.165) is 12.8 Å². The molecule has 0 aromatic carbocycles. The first-order valence-electron chi connectivity index (χ1n) is 6.70. The molecule has 4 nitrogen and oxygen atoms in total. The van der Waals surface area contributed by atoms with Crippen molar-refractivity contribution in [1.29, 1.82) is 0 Å². The minimum atomic E-state index is 0.231. The van der Waals surface area contributed by atoms with Crippen LogP contribution in [-0.2, 0) is 9.59 Å². The summed E-state index contributed by atoms with van der Waals surface area (Å²) >= 11 is 0. The van der Waals surface area contributed by atoms with Crippen molar-refractivity contribution in [3.63, 3.8) is 0 Å². The molecule has 18 heavy (non-hydrogen) atoms. The van der Waals surface area contributed by atoms with E-state index in [1.54, 1.807) is 12.4 Å². The molecule has 0 rings (SSSR count). The largest absolute Gasteiger partial charge is 0.299 e. The maximum Gasteiger partial charge on any atom is 0.138 e. The van der Waals surface area contributed by atoms with Crippen molar-refractivity contribution in [2.24, 2.45) is 9.98 Å². The van der Waals surface area contributed by atoms with E-state index in [1.165, 1.54) is 0 Å². The van der Waals surface area contributed by atoms with Crippen LogP contribution in [0, 0.1) is 0 Å². The summed E-state index contributed by atoms with van der Waals surface area (Å²) in [6, 6.07) is 0. The van der Waals surface area contributed by atoms with Gasteiger partial charge in [0, 0.05) is 38.1 Å². The molecule has 102 valence electrons. The highest BCUT2D eigenvalue weighted by atomic mass is 16.1. The number of carbonyl (C=O) groups excluding carboxylic acids is 2. The second-order valence-corrected chi connectivity index (χ2v) is 4.16. The van der Waals surface area contributed by atoms with Gasteiger partial charge in [0.25, 0.3) is 0 Å². The number of carbonyl (C=O) groups is 2. The fraction of sp³-hybridized carbons (Fsp3) is 0.714. The van der Waals surface area contributed by atoms with Gasteiger partial charge in [-0.15, -0.1) is 0 Å². The summed E-state index contributed by atoms with van der Waals surface area (Å²) in [4.78, 5) is 30.5. The molecule has 0 aliphatic heterocycles. The van der Waals surface area contributed by atoms with Crippen LogP contribution in [0.3, 0.4) is 0 Å². The Bertz CT molecular complexity index is 266. The van der Waals surface area contributed by atoms with Gasteiger partial charge >= 0.3 is 0 Å². The molecule has 0 aliphatic carbocycles. The fourth-order valence-corrected chi connectivity index (χ4v) is 1.39. The van der Waals surface area contributed by atoms with Crippen LogP contribution in [0.4, 0.5) is 0 Å². The molecule has 0 N–H and O–H groups in total. The van der Waals surface area contributed by atoms with E-state index in [1.807, 2.05) is 13.8 Å². The highest BCUT2D eigenvalue weighted by Gasteiger charge is 1.96. The Morgan fingerprint density at radius 2 is 1.22 bits per heavy atom. The fourth-order valence-electron chi connectivity index (χ4n) is 1.39. The van der Waals surface area contributed by atoms with E-state index < -0.39 is 0 Å². The molecule has 0 heterocycles. The van der Waals surface area contributed by atoms with Gasteiger partial charge in [-0.2, -0.15) is 0 Å². The Balaban J connectivity index is 3.49. The van der Waals surface area contributed by atoms with Gasteiger partial charge in [0.1, 0.15) is 11.6 Å². The molecule has 0 radical (unpaired) electrons. The zero-order valence-corrected chi connectivity index (χ0v) is 11.5. The zero-order chi connectivity index (χ0) is 13.6. The van der Waals surface area contributed by atoms with Crippen molar-refractivity contribution in [2.45, 2.75) is 52.4 Å². The van der Waals surface area contributed by atoms with Crippen molar-refractivity contribution in [1.82, 2.24) is 0 Å². The summed E-state index contributed by atoms with van der Waals surface area (Å²) in [7, 11) is 0. The maximum atomic E-state index is 11.2. The van der Waals surface area contributed by atoms with Crippen LogP contribution in [0.1, 0.15) is 52.4 Å². The monoisotopic (exact) mass is 252 g/mol. The van der Waals surface area contributed by atoms with Gasteiger partial charge in [-0.1, -0.05) is 13.8 Å². The maximum absolute atomic E-state index is 11.2. The lowest BCUT2D eigenvalue weighted by Crippen LogP contribution is -1.99. The van der Waals surface area contributed by atoms with Gasteiger partial charge in [0.2, 0.25) is 0 Å². The average Bonchev–Trinajstić information content (AvgIpc) is 2.33. The number of hydrogen-bond donors (Lipinski definition) is 0. The Morgan fingerprint density at radius 1 is 0.833 bits per heavy atom. The topological polar surface area (TPSA) is 58.9 Å². The third kappa shape index (κ3) is 11.2. The van der Waals surface area contributed by atoms with Gasteiger partial charge < -0.3 is 0 Å². The number of ketones is 2. The summed E-state index contributed by atoms with van der Waals surface area (Å²) < 4.78 is 0. The molecule has 0 aliphatic rings. The summed E-state index contributed by atoms with van der Waals surface area (Å²) in [5, 5.41) is 0. The normalized spacial score (nSPS) is 11.4. The molecule has 0 spiro atoms. The third-order valence-corrected chi connectivity index (χ3v) is 2.31. The van der Waals surface area contributed by atoms with E-state index in [0.29, 0.717) is 38.8 Å². The molecular formula is C14H24N2O2. The predicted molar refractivity (Wildman–Crippen MR) is 75.8 cm³/mol.